The predicted molar refractivity (Wildman–Crippen MR) is 168 cm³/mol. The predicted octanol–water partition coefficient (Wildman–Crippen LogP) is 6.42. The number of rotatable bonds is 9. The van der Waals surface area contributed by atoms with E-state index >= 15 is 0 Å². The van der Waals surface area contributed by atoms with Gasteiger partial charge in [0.05, 0.1) is 23.0 Å². The maximum Gasteiger partial charge on any atom is 0.253 e. The first-order valence-corrected chi connectivity index (χ1v) is 16.7. The molecule has 2 aliphatic rings. The molecule has 0 spiro atoms. The number of carbonyl (C=O) groups is 2. The minimum atomic E-state index is -3.62. The zero-order valence-electron chi connectivity index (χ0n) is 24.2. The maximum absolute atomic E-state index is 14.5. The smallest absolute Gasteiger partial charge is 0.253 e. The topological polar surface area (TPSA) is 106 Å². The molecule has 2 amide bonds. The molecule has 3 aromatic rings. The van der Waals surface area contributed by atoms with Crippen LogP contribution in [0.3, 0.4) is 0 Å². The van der Waals surface area contributed by atoms with Crippen LogP contribution in [0.5, 0.6) is 0 Å². The molecule has 0 bridgehead atoms. The van der Waals surface area contributed by atoms with Gasteiger partial charge in [-0.2, -0.15) is 0 Å². The Morgan fingerprint density at radius 3 is 2.35 bits per heavy atom. The van der Waals surface area contributed by atoms with Gasteiger partial charge in [-0.05, 0) is 87.1 Å². The third kappa shape index (κ3) is 7.23. The molecule has 1 aliphatic heterocycles. The molecule has 8 nitrogen and oxygen atoms in total. The molecular formula is C32H35Cl2N3O5S. The first-order valence-electron chi connectivity index (χ1n) is 14.3. The van der Waals surface area contributed by atoms with Crippen LogP contribution in [0, 0.1) is 5.92 Å². The molecule has 2 heterocycles. The number of nitrogens with one attached hydrogen (secondary N) is 1. The van der Waals surface area contributed by atoms with Crippen LogP contribution in [0.15, 0.2) is 72.9 Å². The molecule has 11 heteroatoms. The van der Waals surface area contributed by atoms with Gasteiger partial charge in [-0.3, -0.25) is 9.59 Å². The van der Waals surface area contributed by atoms with Gasteiger partial charge in [-0.15, -0.1) is 0 Å². The lowest BCUT2D eigenvalue weighted by Crippen LogP contribution is -2.58. The second-order valence-electron chi connectivity index (χ2n) is 12.1. The second-order valence-corrected chi connectivity index (χ2v) is 15.8. The van der Waals surface area contributed by atoms with E-state index in [1.807, 2.05) is 18.2 Å². The van der Waals surface area contributed by atoms with Crippen LogP contribution in [-0.2, 0) is 24.2 Å². The minimum Gasteiger partial charge on any atom is -0.357 e. The number of anilines is 1. The van der Waals surface area contributed by atoms with Crippen molar-refractivity contribution in [3.8, 4) is 0 Å². The number of hydrogen-bond acceptors (Lipinski definition) is 6. The first-order chi connectivity index (χ1) is 20.3. The van der Waals surface area contributed by atoms with Gasteiger partial charge in [0.2, 0.25) is 5.91 Å². The van der Waals surface area contributed by atoms with Gasteiger partial charge in [0.15, 0.2) is 9.84 Å². The van der Waals surface area contributed by atoms with Gasteiger partial charge in [-0.1, -0.05) is 53.5 Å². The minimum absolute atomic E-state index is 0.00279. The van der Waals surface area contributed by atoms with E-state index in [1.165, 1.54) is 0 Å². The Bertz CT molecular complexity index is 1570. The highest BCUT2D eigenvalue weighted by molar-refractivity contribution is 7.92. The summed E-state index contributed by atoms with van der Waals surface area (Å²) in [7, 11) is -3.62. The highest BCUT2D eigenvalue weighted by atomic mass is 35.5. The van der Waals surface area contributed by atoms with E-state index in [0.29, 0.717) is 21.4 Å². The summed E-state index contributed by atoms with van der Waals surface area (Å²) < 4.78 is 32.7. The molecule has 1 saturated carbocycles. The Morgan fingerprint density at radius 2 is 1.74 bits per heavy atom. The van der Waals surface area contributed by atoms with Crippen molar-refractivity contribution in [2.75, 3.05) is 11.1 Å². The van der Waals surface area contributed by atoms with E-state index in [1.54, 1.807) is 80.4 Å². The van der Waals surface area contributed by atoms with Gasteiger partial charge in [0, 0.05) is 22.3 Å². The van der Waals surface area contributed by atoms with Gasteiger partial charge in [0.25, 0.3) is 5.91 Å². The number of morpholine rings is 1. The Kier molecular flexibility index (Phi) is 9.18. The summed E-state index contributed by atoms with van der Waals surface area (Å²) in [6.45, 7) is 5.01. The lowest BCUT2D eigenvalue weighted by Gasteiger charge is -2.48. The number of sulfone groups is 1. The molecule has 2 aromatic carbocycles. The maximum atomic E-state index is 14.5. The SMILES string of the molecule is CC(C)(C)S(=O)(=O)CC(C1CC1)N1C(=O)C(CC(=O)Nc2ccccn2)OC(c2cccc(Cl)c2)C1c1ccc(Cl)cc1. The van der Waals surface area contributed by atoms with Crippen molar-refractivity contribution in [2.45, 2.75) is 69.1 Å². The highest BCUT2D eigenvalue weighted by Crippen LogP contribution is 2.48. The van der Waals surface area contributed by atoms with E-state index in [0.717, 1.165) is 18.4 Å². The summed E-state index contributed by atoms with van der Waals surface area (Å²) in [6, 6.07) is 18.1. The summed E-state index contributed by atoms with van der Waals surface area (Å²) in [5, 5.41) is 3.74. The standard InChI is InChI=1S/C32H35Cl2N3O5S/c1-32(2,3)43(40,41)19-25(20-10-11-20)37-29(21-12-14-23(33)15-13-21)30(22-7-6-8-24(34)17-22)42-26(31(37)39)18-28(38)36-27-9-4-5-16-35-27/h4-9,12-17,20,25-26,29-30H,10-11,18-19H2,1-3H3,(H,35,36,38). The summed E-state index contributed by atoms with van der Waals surface area (Å²) in [4.78, 5) is 33.5. The second kappa shape index (κ2) is 12.6. The average Bonchev–Trinajstić information content (AvgIpc) is 3.79. The Labute approximate surface area is 262 Å². The van der Waals surface area contributed by atoms with Crippen LogP contribution in [0.4, 0.5) is 5.82 Å². The monoisotopic (exact) mass is 643 g/mol. The van der Waals surface area contributed by atoms with Crippen LogP contribution < -0.4 is 5.32 Å². The lowest BCUT2D eigenvalue weighted by molar-refractivity contribution is -0.180. The first kappa shape index (κ1) is 31.4. The van der Waals surface area contributed by atoms with Gasteiger partial charge < -0.3 is 15.0 Å². The lowest BCUT2D eigenvalue weighted by atomic mass is 9.89. The fraction of sp³-hybridized carbons (Fsp3) is 0.406. The quantitative estimate of drug-likeness (QED) is 0.288. The van der Waals surface area contributed by atoms with Crippen molar-refractivity contribution >= 4 is 50.7 Å². The molecule has 1 saturated heterocycles. The third-order valence-corrected chi connectivity index (χ3v) is 11.1. The number of aromatic nitrogens is 1. The Hall–Kier alpha value is -2.98. The van der Waals surface area contributed by atoms with Crippen molar-refractivity contribution in [1.29, 1.82) is 0 Å². The van der Waals surface area contributed by atoms with E-state index in [4.69, 9.17) is 27.9 Å². The summed E-state index contributed by atoms with van der Waals surface area (Å²) in [5.74, 6) is -0.735. The molecule has 1 aromatic heterocycles. The molecule has 2 fully saturated rings. The van der Waals surface area contributed by atoms with Crippen LogP contribution in [-0.4, -0.2) is 52.8 Å². The largest absolute Gasteiger partial charge is 0.357 e. The number of ether oxygens (including phenoxy) is 1. The zero-order chi connectivity index (χ0) is 30.9. The molecular weight excluding hydrogens is 609 g/mol. The van der Waals surface area contributed by atoms with E-state index in [9.17, 15) is 18.0 Å². The van der Waals surface area contributed by atoms with Crippen molar-refractivity contribution in [2.24, 2.45) is 5.92 Å². The van der Waals surface area contributed by atoms with Gasteiger partial charge in [0.1, 0.15) is 18.0 Å². The summed E-state index contributed by atoms with van der Waals surface area (Å²) in [5.41, 5.74) is 1.44. The van der Waals surface area contributed by atoms with E-state index in [-0.39, 0.29) is 18.1 Å². The molecule has 228 valence electrons. The Balaban J connectivity index is 1.60. The normalized spacial score (nSPS) is 21.8. The molecule has 4 atom stereocenters. The molecule has 5 rings (SSSR count). The van der Waals surface area contributed by atoms with E-state index < -0.39 is 50.7 Å². The van der Waals surface area contributed by atoms with Crippen LogP contribution in [0.2, 0.25) is 10.0 Å². The molecule has 43 heavy (non-hydrogen) atoms. The number of carbonyl (C=O) groups excluding carboxylic acids is 2. The van der Waals surface area contributed by atoms with E-state index in [2.05, 4.69) is 10.3 Å². The molecule has 1 aliphatic carbocycles. The van der Waals surface area contributed by atoms with Crippen molar-refractivity contribution in [1.82, 2.24) is 9.88 Å². The summed E-state index contributed by atoms with van der Waals surface area (Å²) in [6.07, 6.45) is 0.962. The van der Waals surface area contributed by atoms with Crippen molar-refractivity contribution in [3.05, 3.63) is 94.1 Å². The third-order valence-electron chi connectivity index (χ3n) is 7.97. The fourth-order valence-corrected chi connectivity index (χ4v) is 7.11. The Morgan fingerprint density at radius 1 is 1.02 bits per heavy atom. The molecule has 4 unspecified atom stereocenters. The number of amides is 2. The highest BCUT2D eigenvalue weighted by Gasteiger charge is 2.52. The fourth-order valence-electron chi connectivity index (χ4n) is 5.40. The number of hydrogen-bond donors (Lipinski definition) is 1. The van der Waals surface area contributed by atoms with Crippen molar-refractivity contribution < 1.29 is 22.7 Å². The number of nitrogens with zero attached hydrogens (tertiary/aromatic N) is 2. The summed E-state index contributed by atoms with van der Waals surface area (Å²) >= 11 is 12.6. The zero-order valence-corrected chi connectivity index (χ0v) is 26.6. The average molecular weight is 645 g/mol. The molecule has 1 N–H and O–H groups in total. The van der Waals surface area contributed by atoms with Crippen LogP contribution in [0.1, 0.15) is 63.3 Å². The number of halogens is 2. The number of pyridine rings is 1. The van der Waals surface area contributed by atoms with Crippen LogP contribution >= 0.6 is 23.2 Å². The van der Waals surface area contributed by atoms with Crippen molar-refractivity contribution in [3.63, 3.8) is 0 Å². The van der Waals surface area contributed by atoms with Crippen LogP contribution in [0.25, 0.3) is 0 Å². The number of benzene rings is 2. The molecule has 0 radical (unpaired) electrons. The van der Waals surface area contributed by atoms with Gasteiger partial charge >= 0.3 is 0 Å². The van der Waals surface area contributed by atoms with Gasteiger partial charge in [-0.25, -0.2) is 13.4 Å².